The highest BCUT2D eigenvalue weighted by Crippen LogP contribution is 2.62. The maximum absolute atomic E-state index is 6.89. The lowest BCUT2D eigenvalue weighted by molar-refractivity contribution is 0.436. The molecule has 5 nitrogen and oxygen atoms in total. The Morgan fingerprint density at radius 3 is 1.19 bits per heavy atom. The fourth-order valence-corrected chi connectivity index (χ4v) is 9.38. The minimum atomic E-state index is -0.622. The van der Waals surface area contributed by atoms with Crippen molar-refractivity contribution in [1.82, 2.24) is 19.9 Å². The Morgan fingerprint density at radius 1 is 0.306 bits per heavy atom. The molecule has 1 aliphatic carbocycles. The van der Waals surface area contributed by atoms with E-state index in [0.717, 1.165) is 72.8 Å². The first-order valence-electron chi connectivity index (χ1n) is 20.9. The molecule has 10 aromatic rings. The summed E-state index contributed by atoms with van der Waals surface area (Å²) in [5, 5.41) is 0. The zero-order chi connectivity index (χ0) is 41.0. The predicted octanol–water partition coefficient (Wildman–Crippen LogP) is 13.7. The van der Waals surface area contributed by atoms with Crippen molar-refractivity contribution in [3.05, 3.63) is 241 Å². The summed E-state index contributed by atoms with van der Waals surface area (Å²) in [7, 11) is 0. The Bertz CT molecular complexity index is 3190. The fourth-order valence-electron chi connectivity index (χ4n) is 9.38. The van der Waals surface area contributed by atoms with Gasteiger partial charge in [0.2, 0.25) is 0 Å². The van der Waals surface area contributed by atoms with Crippen LogP contribution in [-0.4, -0.2) is 19.9 Å². The Hall–Kier alpha value is -8.28. The number of pyridine rings is 1. The first-order valence-corrected chi connectivity index (χ1v) is 20.9. The highest BCUT2D eigenvalue weighted by Gasteiger charge is 2.51. The zero-order valence-corrected chi connectivity index (χ0v) is 33.5. The molecule has 1 spiro atoms. The average molecular weight is 793 g/mol. The molecule has 12 rings (SSSR count). The lowest BCUT2D eigenvalue weighted by Crippen LogP contribution is -2.32. The number of hydrogen-bond acceptors (Lipinski definition) is 5. The fraction of sp³-hybridized carbons (Fsp3) is 0.0175. The summed E-state index contributed by atoms with van der Waals surface area (Å²) in [6, 6.07) is 74.5. The molecule has 290 valence electrons. The lowest BCUT2D eigenvalue weighted by atomic mass is 9.65. The van der Waals surface area contributed by atoms with E-state index in [-0.39, 0.29) is 0 Å². The van der Waals surface area contributed by atoms with Crippen molar-refractivity contribution in [3.63, 3.8) is 0 Å². The number of nitrogens with zero attached hydrogens (tertiary/aromatic N) is 4. The second kappa shape index (κ2) is 14.5. The average Bonchev–Trinajstić information content (AvgIpc) is 3.65. The van der Waals surface area contributed by atoms with Gasteiger partial charge in [-0.2, -0.15) is 0 Å². The minimum absolute atomic E-state index is 0.622. The maximum atomic E-state index is 6.89. The molecule has 1 aliphatic heterocycles. The highest BCUT2D eigenvalue weighted by atomic mass is 16.5. The zero-order valence-electron chi connectivity index (χ0n) is 33.5. The summed E-state index contributed by atoms with van der Waals surface area (Å²) < 4.78 is 6.89. The van der Waals surface area contributed by atoms with Gasteiger partial charge >= 0.3 is 0 Å². The van der Waals surface area contributed by atoms with E-state index in [2.05, 4.69) is 138 Å². The monoisotopic (exact) mass is 792 g/mol. The van der Waals surface area contributed by atoms with Gasteiger partial charge in [0, 0.05) is 39.6 Å². The van der Waals surface area contributed by atoms with E-state index >= 15 is 0 Å². The Labute approximate surface area is 359 Å². The van der Waals surface area contributed by atoms with Gasteiger partial charge in [-0.15, -0.1) is 0 Å². The number of ether oxygens (including phenoxy) is 1. The van der Waals surface area contributed by atoms with Crippen LogP contribution >= 0.6 is 0 Å². The van der Waals surface area contributed by atoms with E-state index in [1.807, 2.05) is 85.1 Å². The molecule has 0 saturated heterocycles. The minimum Gasteiger partial charge on any atom is -0.457 e. The Balaban J connectivity index is 0.984. The van der Waals surface area contributed by atoms with Crippen molar-refractivity contribution in [2.45, 2.75) is 5.41 Å². The third-order valence-corrected chi connectivity index (χ3v) is 12.3. The summed E-state index contributed by atoms with van der Waals surface area (Å²) >= 11 is 0. The van der Waals surface area contributed by atoms with Crippen molar-refractivity contribution in [2.24, 2.45) is 0 Å². The molecule has 0 radical (unpaired) electrons. The topological polar surface area (TPSA) is 60.8 Å². The van der Waals surface area contributed by atoms with Crippen LogP contribution in [-0.2, 0) is 5.41 Å². The van der Waals surface area contributed by atoms with Crippen LogP contribution in [0.2, 0.25) is 0 Å². The van der Waals surface area contributed by atoms with Crippen LogP contribution in [0, 0.1) is 0 Å². The molecule has 62 heavy (non-hydrogen) atoms. The molecule has 2 aromatic heterocycles. The first-order chi connectivity index (χ1) is 30.7. The number of rotatable bonds is 6. The van der Waals surface area contributed by atoms with Gasteiger partial charge in [-0.25, -0.2) is 15.0 Å². The summed E-state index contributed by atoms with van der Waals surface area (Å²) in [5.41, 5.74) is 15.9. The molecule has 0 amide bonds. The second-order valence-corrected chi connectivity index (χ2v) is 15.8. The predicted molar refractivity (Wildman–Crippen MR) is 248 cm³/mol. The molecule has 3 heterocycles. The van der Waals surface area contributed by atoms with Crippen molar-refractivity contribution >= 4 is 0 Å². The molecule has 0 N–H and O–H groups in total. The van der Waals surface area contributed by atoms with Gasteiger partial charge in [-0.05, 0) is 80.9 Å². The van der Waals surface area contributed by atoms with Gasteiger partial charge in [0.05, 0.1) is 11.1 Å². The van der Waals surface area contributed by atoms with Crippen molar-refractivity contribution < 1.29 is 4.74 Å². The Morgan fingerprint density at radius 2 is 0.710 bits per heavy atom. The molecule has 0 saturated carbocycles. The van der Waals surface area contributed by atoms with E-state index < -0.39 is 5.41 Å². The molecule has 5 heteroatoms. The largest absolute Gasteiger partial charge is 0.457 e. The van der Waals surface area contributed by atoms with Crippen molar-refractivity contribution in [1.29, 1.82) is 0 Å². The molecule has 0 fully saturated rings. The molecule has 0 unspecified atom stereocenters. The molecular formula is C57H36N4O. The van der Waals surface area contributed by atoms with Crippen LogP contribution in [0.1, 0.15) is 22.3 Å². The van der Waals surface area contributed by atoms with Gasteiger partial charge < -0.3 is 4.74 Å². The van der Waals surface area contributed by atoms with E-state index in [1.165, 1.54) is 22.3 Å². The van der Waals surface area contributed by atoms with Crippen molar-refractivity contribution in [2.75, 3.05) is 0 Å². The molecule has 8 aromatic carbocycles. The maximum Gasteiger partial charge on any atom is 0.164 e. The van der Waals surface area contributed by atoms with Crippen LogP contribution < -0.4 is 4.74 Å². The van der Waals surface area contributed by atoms with Gasteiger partial charge in [-0.1, -0.05) is 176 Å². The smallest absolute Gasteiger partial charge is 0.164 e. The number of aromatic nitrogens is 4. The molecule has 0 atom stereocenters. The standard InChI is InChI=1S/C57H36N4O/c1-3-13-40(14-4-1)54-59-55(41-15-5-2-6-16-41)61-56(60-54)42-28-24-38(25-29-42)44-31-33-53-50(36-44)57(47-19-9-7-17-45(47)46-18-8-10-20-48(46)57)49-35-43(30-32-52(49)62-53)37-22-26-39(27-23-37)51-21-11-12-34-58-51/h1-36H. The summed E-state index contributed by atoms with van der Waals surface area (Å²) in [4.78, 5) is 19.4. The van der Waals surface area contributed by atoms with Gasteiger partial charge in [0.1, 0.15) is 11.5 Å². The number of hydrogen-bond donors (Lipinski definition) is 0. The summed E-state index contributed by atoms with van der Waals surface area (Å²) in [5.74, 6) is 3.61. The van der Waals surface area contributed by atoms with Crippen molar-refractivity contribution in [3.8, 4) is 90.3 Å². The van der Waals surface area contributed by atoms with Gasteiger partial charge in [-0.3, -0.25) is 4.98 Å². The summed E-state index contributed by atoms with van der Waals surface area (Å²) in [6.07, 6.45) is 1.84. The van der Waals surface area contributed by atoms with E-state index in [4.69, 9.17) is 19.7 Å². The molecular weight excluding hydrogens is 757 g/mol. The molecule has 2 aliphatic rings. The Kier molecular flexibility index (Phi) is 8.32. The quantitative estimate of drug-likeness (QED) is 0.168. The van der Waals surface area contributed by atoms with Crippen LogP contribution in [0.25, 0.3) is 78.8 Å². The summed E-state index contributed by atoms with van der Waals surface area (Å²) in [6.45, 7) is 0. The molecule has 0 bridgehead atoms. The number of fused-ring (bicyclic) bond motifs is 9. The van der Waals surface area contributed by atoms with Crippen LogP contribution in [0.4, 0.5) is 0 Å². The highest BCUT2D eigenvalue weighted by molar-refractivity contribution is 5.90. The van der Waals surface area contributed by atoms with Crippen LogP contribution in [0.15, 0.2) is 219 Å². The SMILES string of the molecule is c1ccc(-c2nc(-c3ccccc3)nc(-c3ccc(-c4ccc5c(c4)C4(c6cc(-c7ccc(-c8ccccn8)cc7)ccc6O5)c5ccccc5-c5ccccc54)cc3)n2)cc1. The van der Waals surface area contributed by atoms with E-state index in [9.17, 15) is 0 Å². The van der Waals surface area contributed by atoms with Gasteiger partial charge in [0.25, 0.3) is 0 Å². The third kappa shape index (κ3) is 5.78. The third-order valence-electron chi connectivity index (χ3n) is 12.3. The first kappa shape index (κ1) is 35.6. The normalized spacial score (nSPS) is 12.8. The van der Waals surface area contributed by atoms with Gasteiger partial charge in [0.15, 0.2) is 17.5 Å². The van der Waals surface area contributed by atoms with Crippen LogP contribution in [0.5, 0.6) is 11.5 Å². The lowest BCUT2D eigenvalue weighted by Gasteiger charge is -2.40. The second-order valence-electron chi connectivity index (χ2n) is 15.8. The van der Waals surface area contributed by atoms with E-state index in [0.29, 0.717) is 17.5 Å². The van der Waals surface area contributed by atoms with Crippen LogP contribution in [0.3, 0.4) is 0 Å². The number of benzene rings is 8. The van der Waals surface area contributed by atoms with E-state index in [1.54, 1.807) is 0 Å².